The third-order valence-corrected chi connectivity index (χ3v) is 6.92. The Labute approximate surface area is 188 Å². The molecule has 0 bridgehead atoms. The Morgan fingerprint density at radius 1 is 1.03 bits per heavy atom. The summed E-state index contributed by atoms with van der Waals surface area (Å²) in [4.78, 5) is 24.9. The molecule has 32 heavy (non-hydrogen) atoms. The lowest BCUT2D eigenvalue weighted by Gasteiger charge is -2.49. The number of pyridine rings is 2. The standard InChI is InChI=1S/C25H31N5O2/c1-3-27-10-12-28(13-11-27)21-17-29(18-21)20-14-24-23(26-15-20)8-9-25(31)30(24)16-19-4-6-22(32-2)7-5-19/h4-9,14-15,21H,3,10-13,16-18H2,1-2H3. The van der Waals surface area contributed by atoms with Crippen LogP contribution in [0.3, 0.4) is 0 Å². The predicted molar refractivity (Wildman–Crippen MR) is 128 cm³/mol. The zero-order chi connectivity index (χ0) is 22.1. The SMILES string of the molecule is CCN1CCN(C2CN(c3cnc4ccc(=O)n(Cc5ccc(OC)cc5)c4c3)C2)CC1. The summed E-state index contributed by atoms with van der Waals surface area (Å²) in [5.74, 6) is 0.811. The molecular weight excluding hydrogens is 402 g/mol. The quantitative estimate of drug-likeness (QED) is 0.595. The first-order valence-electron chi connectivity index (χ1n) is 11.5. The molecule has 0 atom stereocenters. The highest BCUT2D eigenvalue weighted by molar-refractivity contribution is 5.78. The lowest BCUT2D eigenvalue weighted by molar-refractivity contribution is 0.0861. The van der Waals surface area contributed by atoms with E-state index in [-0.39, 0.29) is 5.56 Å². The Morgan fingerprint density at radius 2 is 1.78 bits per heavy atom. The zero-order valence-corrected chi connectivity index (χ0v) is 18.9. The topological polar surface area (TPSA) is 53.8 Å². The molecule has 2 aliphatic heterocycles. The van der Waals surface area contributed by atoms with Gasteiger partial charge in [-0.15, -0.1) is 0 Å². The summed E-state index contributed by atoms with van der Waals surface area (Å²) in [6.45, 7) is 10.6. The van der Waals surface area contributed by atoms with E-state index >= 15 is 0 Å². The maximum atomic E-state index is 12.7. The Hall–Kier alpha value is -2.90. The van der Waals surface area contributed by atoms with Gasteiger partial charge < -0.3 is 19.1 Å². The molecule has 0 aliphatic carbocycles. The Bertz CT molecular complexity index is 1130. The number of hydrogen-bond acceptors (Lipinski definition) is 6. The summed E-state index contributed by atoms with van der Waals surface area (Å²) >= 11 is 0. The molecule has 0 saturated carbocycles. The monoisotopic (exact) mass is 433 g/mol. The molecule has 7 heteroatoms. The average Bonchev–Trinajstić information content (AvgIpc) is 2.81. The van der Waals surface area contributed by atoms with Gasteiger partial charge in [0.25, 0.3) is 5.56 Å². The molecule has 0 N–H and O–H groups in total. The number of ether oxygens (including phenoxy) is 1. The first kappa shape index (κ1) is 21.0. The number of nitrogens with zero attached hydrogens (tertiary/aromatic N) is 5. The maximum absolute atomic E-state index is 12.7. The molecule has 2 aliphatic rings. The van der Waals surface area contributed by atoms with Gasteiger partial charge in [-0.05, 0) is 36.4 Å². The van der Waals surface area contributed by atoms with Gasteiger partial charge in [0.15, 0.2) is 0 Å². The molecule has 2 fully saturated rings. The van der Waals surface area contributed by atoms with Crippen LogP contribution in [0.4, 0.5) is 5.69 Å². The molecule has 4 heterocycles. The minimum absolute atomic E-state index is 0.0115. The summed E-state index contributed by atoms with van der Waals surface area (Å²) in [5.41, 5.74) is 3.86. The lowest BCUT2D eigenvalue weighted by atomic mass is 10.0. The average molecular weight is 434 g/mol. The summed E-state index contributed by atoms with van der Waals surface area (Å²) in [6.07, 6.45) is 1.94. The second-order valence-corrected chi connectivity index (χ2v) is 8.73. The molecule has 3 aromatic rings. The second kappa shape index (κ2) is 8.92. The van der Waals surface area contributed by atoms with E-state index in [0.29, 0.717) is 12.6 Å². The van der Waals surface area contributed by atoms with E-state index in [1.165, 1.54) is 13.1 Å². The lowest BCUT2D eigenvalue weighted by Crippen LogP contribution is -2.63. The Morgan fingerprint density at radius 3 is 2.47 bits per heavy atom. The highest BCUT2D eigenvalue weighted by atomic mass is 16.5. The molecule has 0 amide bonds. The van der Waals surface area contributed by atoms with Gasteiger partial charge in [-0.1, -0.05) is 19.1 Å². The number of likely N-dealkylation sites (N-methyl/N-ethyl adjacent to an activating group) is 1. The largest absolute Gasteiger partial charge is 0.497 e. The zero-order valence-electron chi connectivity index (χ0n) is 18.9. The van der Waals surface area contributed by atoms with Gasteiger partial charge in [0, 0.05) is 51.4 Å². The van der Waals surface area contributed by atoms with E-state index in [0.717, 1.165) is 60.8 Å². The minimum atomic E-state index is -0.0115. The van der Waals surface area contributed by atoms with Crippen LogP contribution in [0.15, 0.2) is 53.5 Å². The molecule has 168 valence electrons. The van der Waals surface area contributed by atoms with E-state index in [2.05, 4.69) is 32.7 Å². The Kier molecular flexibility index (Phi) is 5.85. The van der Waals surface area contributed by atoms with Gasteiger partial charge in [-0.3, -0.25) is 14.7 Å². The molecule has 1 aromatic carbocycles. The van der Waals surface area contributed by atoms with E-state index in [1.54, 1.807) is 13.2 Å². The summed E-state index contributed by atoms with van der Waals surface area (Å²) in [5, 5.41) is 0. The number of methoxy groups -OCH3 is 1. The van der Waals surface area contributed by atoms with Gasteiger partial charge in [-0.2, -0.15) is 0 Å². The Balaban J connectivity index is 1.33. The smallest absolute Gasteiger partial charge is 0.251 e. The van der Waals surface area contributed by atoms with Crippen LogP contribution in [0.2, 0.25) is 0 Å². The number of hydrogen-bond donors (Lipinski definition) is 0. The summed E-state index contributed by atoms with van der Waals surface area (Å²) in [7, 11) is 1.66. The highest BCUT2D eigenvalue weighted by Gasteiger charge is 2.33. The van der Waals surface area contributed by atoms with Crippen LogP contribution in [0.5, 0.6) is 5.75 Å². The molecule has 5 rings (SSSR count). The normalized spacial score (nSPS) is 18.1. The fourth-order valence-electron chi connectivity index (χ4n) is 4.75. The van der Waals surface area contributed by atoms with Gasteiger partial charge in [0.1, 0.15) is 5.75 Å². The van der Waals surface area contributed by atoms with Crippen LogP contribution in [0, 0.1) is 0 Å². The number of fused-ring (bicyclic) bond motifs is 1. The van der Waals surface area contributed by atoms with Crippen molar-refractivity contribution < 1.29 is 4.74 Å². The number of anilines is 1. The first-order chi connectivity index (χ1) is 15.6. The third-order valence-electron chi connectivity index (χ3n) is 6.92. The first-order valence-corrected chi connectivity index (χ1v) is 11.5. The fraction of sp³-hybridized carbons (Fsp3) is 0.440. The van der Waals surface area contributed by atoms with Crippen LogP contribution in [0.1, 0.15) is 12.5 Å². The maximum Gasteiger partial charge on any atom is 0.251 e. The second-order valence-electron chi connectivity index (χ2n) is 8.73. The van der Waals surface area contributed by atoms with Crippen molar-refractivity contribution in [3.8, 4) is 5.75 Å². The number of rotatable bonds is 6. The van der Waals surface area contributed by atoms with Gasteiger partial charge in [0.05, 0.1) is 36.6 Å². The molecule has 0 radical (unpaired) electrons. The third kappa shape index (κ3) is 4.10. The van der Waals surface area contributed by atoms with Crippen molar-refractivity contribution in [2.45, 2.75) is 19.5 Å². The molecule has 7 nitrogen and oxygen atoms in total. The predicted octanol–water partition coefficient (Wildman–Crippen LogP) is 2.28. The van der Waals surface area contributed by atoms with Crippen LogP contribution >= 0.6 is 0 Å². The van der Waals surface area contributed by atoms with E-state index < -0.39 is 0 Å². The van der Waals surface area contributed by atoms with Gasteiger partial charge in [0.2, 0.25) is 0 Å². The fourth-order valence-corrected chi connectivity index (χ4v) is 4.75. The molecule has 2 aromatic heterocycles. The summed E-state index contributed by atoms with van der Waals surface area (Å²) in [6, 6.07) is 14.0. The number of piperazine rings is 1. The molecule has 0 spiro atoms. The van der Waals surface area contributed by atoms with Crippen molar-refractivity contribution in [1.82, 2.24) is 19.4 Å². The van der Waals surface area contributed by atoms with Crippen molar-refractivity contribution in [1.29, 1.82) is 0 Å². The van der Waals surface area contributed by atoms with E-state index in [4.69, 9.17) is 4.74 Å². The van der Waals surface area contributed by atoms with Crippen molar-refractivity contribution in [3.63, 3.8) is 0 Å². The molecular formula is C25H31N5O2. The van der Waals surface area contributed by atoms with E-state index in [1.807, 2.05) is 41.1 Å². The number of aromatic nitrogens is 2. The highest BCUT2D eigenvalue weighted by Crippen LogP contribution is 2.26. The van der Waals surface area contributed by atoms with Crippen molar-refractivity contribution >= 4 is 16.7 Å². The van der Waals surface area contributed by atoms with Crippen LogP contribution < -0.4 is 15.2 Å². The van der Waals surface area contributed by atoms with Gasteiger partial charge >= 0.3 is 0 Å². The summed E-state index contributed by atoms with van der Waals surface area (Å²) < 4.78 is 7.06. The van der Waals surface area contributed by atoms with Gasteiger partial charge in [-0.25, -0.2) is 0 Å². The minimum Gasteiger partial charge on any atom is -0.497 e. The number of benzene rings is 1. The van der Waals surface area contributed by atoms with Crippen molar-refractivity contribution in [3.05, 3.63) is 64.6 Å². The van der Waals surface area contributed by atoms with Crippen LogP contribution in [-0.4, -0.2) is 78.3 Å². The molecule has 2 saturated heterocycles. The van der Waals surface area contributed by atoms with Crippen LogP contribution in [0.25, 0.3) is 11.0 Å². The molecule has 0 unspecified atom stereocenters. The van der Waals surface area contributed by atoms with Crippen LogP contribution in [-0.2, 0) is 6.54 Å². The van der Waals surface area contributed by atoms with Crippen molar-refractivity contribution in [2.75, 3.05) is 57.8 Å². The van der Waals surface area contributed by atoms with E-state index in [9.17, 15) is 4.79 Å². The van der Waals surface area contributed by atoms with Crippen molar-refractivity contribution in [2.24, 2.45) is 0 Å².